The minimum atomic E-state index is 0.959. The SMILES string of the molecule is C=C(C)/C=C(\N=CC)c1ccccc1. The van der Waals surface area contributed by atoms with Crippen LogP contribution in [-0.4, -0.2) is 6.21 Å². The second kappa shape index (κ2) is 5.18. The van der Waals surface area contributed by atoms with Crippen molar-refractivity contribution in [3.8, 4) is 0 Å². The van der Waals surface area contributed by atoms with Gasteiger partial charge in [-0.25, -0.2) is 0 Å². The van der Waals surface area contributed by atoms with Crippen molar-refractivity contribution < 1.29 is 0 Å². The van der Waals surface area contributed by atoms with Gasteiger partial charge in [-0.15, -0.1) is 0 Å². The van der Waals surface area contributed by atoms with Gasteiger partial charge in [0.25, 0.3) is 0 Å². The Morgan fingerprint density at radius 1 is 1.29 bits per heavy atom. The van der Waals surface area contributed by atoms with Crippen molar-refractivity contribution in [3.05, 3.63) is 54.1 Å². The number of benzene rings is 1. The van der Waals surface area contributed by atoms with Crippen molar-refractivity contribution in [2.75, 3.05) is 0 Å². The zero-order valence-electron chi connectivity index (χ0n) is 8.70. The maximum absolute atomic E-state index is 4.31. The van der Waals surface area contributed by atoms with Crippen molar-refractivity contribution in [2.24, 2.45) is 4.99 Å². The Hall–Kier alpha value is -1.63. The summed E-state index contributed by atoms with van der Waals surface area (Å²) in [5.41, 5.74) is 3.09. The van der Waals surface area contributed by atoms with Crippen LogP contribution in [0.4, 0.5) is 0 Å². The lowest BCUT2D eigenvalue weighted by molar-refractivity contribution is 1.46. The fourth-order valence-electron chi connectivity index (χ4n) is 1.18. The average Bonchev–Trinajstić information content (AvgIpc) is 2.18. The maximum Gasteiger partial charge on any atom is 0.0700 e. The standard InChI is InChI=1S/C13H15N/c1-4-14-13(10-11(2)3)12-8-6-5-7-9-12/h4-10H,2H2,1,3H3/b13-10-,14-4?. The van der Waals surface area contributed by atoms with E-state index in [-0.39, 0.29) is 0 Å². The molecule has 0 unspecified atom stereocenters. The normalized spacial score (nSPS) is 12.0. The molecule has 0 N–H and O–H groups in total. The molecule has 0 fully saturated rings. The van der Waals surface area contributed by atoms with Crippen LogP contribution in [0.1, 0.15) is 19.4 Å². The predicted molar refractivity (Wildman–Crippen MR) is 63.4 cm³/mol. The van der Waals surface area contributed by atoms with Crippen LogP contribution in [0.25, 0.3) is 5.70 Å². The first-order valence-corrected chi connectivity index (χ1v) is 4.65. The summed E-state index contributed by atoms with van der Waals surface area (Å²) in [6, 6.07) is 10.1. The molecule has 0 spiro atoms. The van der Waals surface area contributed by atoms with E-state index in [0.717, 1.165) is 16.8 Å². The van der Waals surface area contributed by atoms with Crippen molar-refractivity contribution >= 4 is 11.9 Å². The highest BCUT2D eigenvalue weighted by Crippen LogP contribution is 2.16. The zero-order valence-corrected chi connectivity index (χ0v) is 8.70. The molecular formula is C13H15N. The van der Waals surface area contributed by atoms with E-state index in [4.69, 9.17) is 0 Å². The Balaban J connectivity index is 3.07. The lowest BCUT2D eigenvalue weighted by Gasteiger charge is -2.01. The minimum absolute atomic E-state index is 0.959. The van der Waals surface area contributed by atoms with Crippen molar-refractivity contribution in [3.63, 3.8) is 0 Å². The molecule has 1 aromatic rings. The molecule has 0 aliphatic carbocycles. The Morgan fingerprint density at radius 3 is 2.43 bits per heavy atom. The summed E-state index contributed by atoms with van der Waals surface area (Å²) in [7, 11) is 0. The minimum Gasteiger partial charge on any atom is -0.261 e. The molecule has 72 valence electrons. The lowest BCUT2D eigenvalue weighted by atomic mass is 10.1. The highest BCUT2D eigenvalue weighted by Gasteiger charge is 1.96. The molecule has 0 aliphatic rings. The fraction of sp³-hybridized carbons (Fsp3) is 0.154. The summed E-state index contributed by atoms with van der Waals surface area (Å²) < 4.78 is 0. The van der Waals surface area contributed by atoms with Gasteiger partial charge in [-0.05, 0) is 19.9 Å². The molecular weight excluding hydrogens is 170 g/mol. The van der Waals surface area contributed by atoms with Gasteiger partial charge in [-0.1, -0.05) is 42.5 Å². The first kappa shape index (κ1) is 10.5. The molecule has 0 saturated heterocycles. The van der Waals surface area contributed by atoms with Gasteiger partial charge in [0, 0.05) is 11.8 Å². The first-order valence-electron chi connectivity index (χ1n) is 4.65. The molecule has 0 atom stereocenters. The molecule has 0 radical (unpaired) electrons. The van der Waals surface area contributed by atoms with E-state index in [1.54, 1.807) is 6.21 Å². The predicted octanol–water partition coefficient (Wildman–Crippen LogP) is 3.69. The summed E-state index contributed by atoms with van der Waals surface area (Å²) in [5, 5.41) is 0. The number of hydrogen-bond acceptors (Lipinski definition) is 1. The average molecular weight is 185 g/mol. The van der Waals surface area contributed by atoms with Crippen LogP contribution < -0.4 is 0 Å². The van der Waals surface area contributed by atoms with Crippen LogP contribution in [0.5, 0.6) is 0 Å². The number of rotatable bonds is 3. The van der Waals surface area contributed by atoms with E-state index in [1.807, 2.05) is 50.3 Å². The molecule has 0 heterocycles. The van der Waals surface area contributed by atoms with E-state index in [0.29, 0.717) is 0 Å². The Kier molecular flexibility index (Phi) is 3.86. The van der Waals surface area contributed by atoms with Gasteiger partial charge < -0.3 is 0 Å². The lowest BCUT2D eigenvalue weighted by Crippen LogP contribution is -1.81. The Morgan fingerprint density at radius 2 is 1.93 bits per heavy atom. The summed E-state index contributed by atoms with van der Waals surface area (Å²) in [6.07, 6.45) is 3.77. The number of nitrogens with zero attached hydrogens (tertiary/aromatic N) is 1. The third-order valence-electron chi connectivity index (χ3n) is 1.72. The molecule has 1 nitrogen and oxygen atoms in total. The van der Waals surface area contributed by atoms with Crippen LogP contribution in [-0.2, 0) is 0 Å². The van der Waals surface area contributed by atoms with Crippen LogP contribution >= 0.6 is 0 Å². The highest BCUT2D eigenvalue weighted by molar-refractivity contribution is 5.74. The van der Waals surface area contributed by atoms with Crippen LogP contribution in [0.15, 0.2) is 53.6 Å². The summed E-state index contributed by atoms with van der Waals surface area (Å²) in [4.78, 5) is 4.31. The third kappa shape index (κ3) is 3.02. The quantitative estimate of drug-likeness (QED) is 0.503. The van der Waals surface area contributed by atoms with Crippen molar-refractivity contribution in [2.45, 2.75) is 13.8 Å². The van der Waals surface area contributed by atoms with Crippen LogP contribution in [0, 0.1) is 0 Å². The summed E-state index contributed by atoms with van der Waals surface area (Å²) in [6.45, 7) is 7.73. The topological polar surface area (TPSA) is 12.4 Å². The van der Waals surface area contributed by atoms with E-state index in [9.17, 15) is 0 Å². The molecule has 1 rings (SSSR count). The maximum atomic E-state index is 4.31. The van der Waals surface area contributed by atoms with Gasteiger partial charge in [0.15, 0.2) is 0 Å². The van der Waals surface area contributed by atoms with E-state index in [2.05, 4.69) is 11.6 Å². The van der Waals surface area contributed by atoms with Gasteiger partial charge in [-0.2, -0.15) is 0 Å². The van der Waals surface area contributed by atoms with Crippen molar-refractivity contribution in [1.82, 2.24) is 0 Å². The fourth-order valence-corrected chi connectivity index (χ4v) is 1.18. The summed E-state index contributed by atoms with van der Waals surface area (Å²) >= 11 is 0. The Labute approximate surface area is 85.5 Å². The van der Waals surface area contributed by atoms with E-state index in [1.165, 1.54) is 0 Å². The smallest absolute Gasteiger partial charge is 0.0700 e. The third-order valence-corrected chi connectivity index (χ3v) is 1.72. The molecule has 0 saturated carbocycles. The first-order chi connectivity index (χ1) is 6.74. The monoisotopic (exact) mass is 185 g/mol. The molecule has 0 aliphatic heterocycles. The summed E-state index contributed by atoms with van der Waals surface area (Å²) in [5.74, 6) is 0. The molecule has 14 heavy (non-hydrogen) atoms. The molecule has 1 heteroatoms. The number of aliphatic imine (C=N–C) groups is 1. The van der Waals surface area contributed by atoms with Gasteiger partial charge in [-0.3, -0.25) is 4.99 Å². The van der Waals surface area contributed by atoms with Gasteiger partial charge >= 0.3 is 0 Å². The zero-order chi connectivity index (χ0) is 10.4. The van der Waals surface area contributed by atoms with E-state index >= 15 is 0 Å². The van der Waals surface area contributed by atoms with E-state index < -0.39 is 0 Å². The van der Waals surface area contributed by atoms with Crippen LogP contribution in [0.2, 0.25) is 0 Å². The largest absolute Gasteiger partial charge is 0.261 e. The van der Waals surface area contributed by atoms with Gasteiger partial charge in [0.05, 0.1) is 5.70 Å². The Bertz CT molecular complexity index is 358. The number of allylic oxidation sites excluding steroid dienone is 2. The molecule has 0 aromatic heterocycles. The molecule has 0 amide bonds. The second-order valence-electron chi connectivity index (χ2n) is 3.13. The molecule has 0 bridgehead atoms. The number of hydrogen-bond donors (Lipinski definition) is 0. The van der Waals surface area contributed by atoms with Crippen molar-refractivity contribution in [1.29, 1.82) is 0 Å². The van der Waals surface area contributed by atoms with Crippen LogP contribution in [0.3, 0.4) is 0 Å². The second-order valence-corrected chi connectivity index (χ2v) is 3.13. The van der Waals surface area contributed by atoms with Gasteiger partial charge in [0.2, 0.25) is 0 Å². The van der Waals surface area contributed by atoms with Gasteiger partial charge in [0.1, 0.15) is 0 Å². The molecule has 1 aromatic carbocycles. The highest BCUT2D eigenvalue weighted by atomic mass is 14.7.